The van der Waals surface area contributed by atoms with Crippen LogP contribution in [0, 0.1) is 6.92 Å². The Balaban J connectivity index is 1.42. The van der Waals surface area contributed by atoms with E-state index in [4.69, 9.17) is 4.74 Å². The average Bonchev–Trinajstić information content (AvgIpc) is 3.40. The fourth-order valence-corrected chi connectivity index (χ4v) is 3.78. The summed E-state index contributed by atoms with van der Waals surface area (Å²) in [5.41, 5.74) is 3.97. The molecule has 9 nitrogen and oxygen atoms in total. The Labute approximate surface area is 172 Å². The average molecular weight is 403 g/mol. The molecule has 0 N–H and O–H groups in total. The molecular formula is C21H21N7O2. The van der Waals surface area contributed by atoms with Gasteiger partial charge in [-0.05, 0) is 19.1 Å². The van der Waals surface area contributed by atoms with Crippen LogP contribution < -0.4 is 0 Å². The fourth-order valence-electron chi connectivity index (χ4n) is 3.78. The van der Waals surface area contributed by atoms with Crippen LogP contribution >= 0.6 is 0 Å². The summed E-state index contributed by atoms with van der Waals surface area (Å²) in [4.78, 5) is 23.6. The number of carbonyl (C=O) groups is 1. The van der Waals surface area contributed by atoms with Crippen LogP contribution in [-0.2, 0) is 11.8 Å². The molecule has 1 unspecified atom stereocenters. The van der Waals surface area contributed by atoms with E-state index in [1.807, 2.05) is 49.4 Å². The molecule has 0 radical (unpaired) electrons. The summed E-state index contributed by atoms with van der Waals surface area (Å²) in [6, 6.07) is 13.6. The molecule has 0 bridgehead atoms. The number of hydrogen-bond acceptors (Lipinski definition) is 6. The quantitative estimate of drug-likeness (QED) is 0.520. The van der Waals surface area contributed by atoms with Crippen molar-refractivity contribution in [3.8, 4) is 11.3 Å². The predicted octanol–water partition coefficient (Wildman–Crippen LogP) is 2.05. The lowest BCUT2D eigenvalue weighted by atomic mass is 10.1. The fraction of sp³-hybridized carbons (Fsp3) is 0.286. The van der Waals surface area contributed by atoms with Gasteiger partial charge in [0.25, 0.3) is 11.7 Å². The van der Waals surface area contributed by atoms with Crippen molar-refractivity contribution in [3.05, 3.63) is 65.9 Å². The summed E-state index contributed by atoms with van der Waals surface area (Å²) in [7, 11) is 1.79. The predicted molar refractivity (Wildman–Crippen MR) is 109 cm³/mol. The molecule has 152 valence electrons. The Bertz CT molecular complexity index is 1210. The SMILES string of the molecule is Cc1cc(C2CN(C(=O)c3cc(-c4ccccc4)nn3C)CCO2)n2ncnc2n1. The molecule has 0 spiro atoms. The molecule has 1 aliphatic rings. The topological polar surface area (TPSA) is 90.4 Å². The van der Waals surface area contributed by atoms with Gasteiger partial charge in [-0.1, -0.05) is 30.3 Å². The normalized spacial score (nSPS) is 16.9. The van der Waals surface area contributed by atoms with E-state index in [1.165, 1.54) is 6.33 Å². The molecule has 1 aliphatic heterocycles. The van der Waals surface area contributed by atoms with Gasteiger partial charge >= 0.3 is 0 Å². The monoisotopic (exact) mass is 403 g/mol. The Morgan fingerprint density at radius 3 is 2.87 bits per heavy atom. The maximum absolute atomic E-state index is 13.3. The van der Waals surface area contributed by atoms with Crippen molar-refractivity contribution in [3.63, 3.8) is 0 Å². The van der Waals surface area contributed by atoms with Crippen molar-refractivity contribution in [2.24, 2.45) is 7.05 Å². The van der Waals surface area contributed by atoms with Crippen LogP contribution in [0.5, 0.6) is 0 Å². The lowest BCUT2D eigenvalue weighted by Crippen LogP contribution is -2.43. The standard InChI is InChI=1S/C21H21N7O2/c1-14-10-17(28-21(24-14)22-13-23-28)19-12-27(8-9-30-19)20(29)18-11-16(25-26(18)2)15-6-4-3-5-7-15/h3-7,10-11,13,19H,8-9,12H2,1-2H3. The Kier molecular flexibility index (Phi) is 4.51. The summed E-state index contributed by atoms with van der Waals surface area (Å²) in [6.07, 6.45) is 1.16. The maximum atomic E-state index is 13.3. The Morgan fingerprint density at radius 2 is 2.03 bits per heavy atom. The van der Waals surface area contributed by atoms with Crippen molar-refractivity contribution in [1.29, 1.82) is 0 Å². The van der Waals surface area contributed by atoms with E-state index in [0.29, 0.717) is 31.2 Å². The molecule has 1 atom stereocenters. The van der Waals surface area contributed by atoms with Crippen LogP contribution in [0.1, 0.15) is 28.0 Å². The highest BCUT2D eigenvalue weighted by atomic mass is 16.5. The summed E-state index contributed by atoms with van der Waals surface area (Å²) >= 11 is 0. The molecule has 1 aromatic carbocycles. The van der Waals surface area contributed by atoms with E-state index >= 15 is 0 Å². The number of morpholine rings is 1. The molecule has 4 heterocycles. The van der Waals surface area contributed by atoms with E-state index in [0.717, 1.165) is 22.6 Å². The van der Waals surface area contributed by atoms with Crippen molar-refractivity contribution >= 4 is 11.7 Å². The number of rotatable bonds is 3. The van der Waals surface area contributed by atoms with Crippen LogP contribution in [0.3, 0.4) is 0 Å². The maximum Gasteiger partial charge on any atom is 0.272 e. The van der Waals surface area contributed by atoms with Crippen molar-refractivity contribution in [2.45, 2.75) is 13.0 Å². The minimum Gasteiger partial charge on any atom is -0.368 e. The highest BCUT2D eigenvalue weighted by molar-refractivity contribution is 5.93. The van der Waals surface area contributed by atoms with Crippen molar-refractivity contribution in [2.75, 3.05) is 19.7 Å². The first-order valence-electron chi connectivity index (χ1n) is 9.78. The molecule has 30 heavy (non-hydrogen) atoms. The number of nitrogens with zero attached hydrogens (tertiary/aromatic N) is 7. The van der Waals surface area contributed by atoms with Gasteiger partial charge < -0.3 is 9.64 Å². The molecular weight excluding hydrogens is 382 g/mol. The minimum atomic E-state index is -0.310. The molecule has 1 saturated heterocycles. The molecule has 1 amide bonds. The third-order valence-electron chi connectivity index (χ3n) is 5.26. The molecule has 4 aromatic rings. The van der Waals surface area contributed by atoms with Gasteiger partial charge in [0, 0.05) is 24.8 Å². The summed E-state index contributed by atoms with van der Waals surface area (Å²) in [6.45, 7) is 3.29. The molecule has 9 heteroatoms. The van der Waals surface area contributed by atoms with Crippen molar-refractivity contribution < 1.29 is 9.53 Å². The first-order chi connectivity index (χ1) is 14.6. The van der Waals surface area contributed by atoms with E-state index in [9.17, 15) is 4.79 Å². The van der Waals surface area contributed by atoms with Crippen molar-refractivity contribution in [1.82, 2.24) is 34.3 Å². The molecule has 1 fully saturated rings. The number of ether oxygens (including phenoxy) is 1. The first-order valence-corrected chi connectivity index (χ1v) is 9.78. The third-order valence-corrected chi connectivity index (χ3v) is 5.26. The molecule has 0 aliphatic carbocycles. The second-order valence-corrected chi connectivity index (χ2v) is 7.31. The number of aromatic nitrogens is 6. The van der Waals surface area contributed by atoms with E-state index in [1.54, 1.807) is 21.1 Å². The second kappa shape index (κ2) is 7.34. The number of fused-ring (bicyclic) bond motifs is 1. The van der Waals surface area contributed by atoms with Gasteiger partial charge in [-0.15, -0.1) is 0 Å². The zero-order chi connectivity index (χ0) is 20.7. The molecule has 5 rings (SSSR count). The smallest absolute Gasteiger partial charge is 0.272 e. The van der Waals surface area contributed by atoms with Crippen LogP contribution in [0.15, 0.2) is 48.8 Å². The second-order valence-electron chi connectivity index (χ2n) is 7.31. The molecule has 0 saturated carbocycles. The lowest BCUT2D eigenvalue weighted by Gasteiger charge is -2.33. The van der Waals surface area contributed by atoms with Gasteiger partial charge in [0.2, 0.25) is 0 Å². The number of hydrogen-bond donors (Lipinski definition) is 0. The summed E-state index contributed by atoms with van der Waals surface area (Å²) in [5, 5.41) is 8.79. The van der Waals surface area contributed by atoms with Crippen LogP contribution in [0.2, 0.25) is 0 Å². The Morgan fingerprint density at radius 1 is 1.20 bits per heavy atom. The highest BCUT2D eigenvalue weighted by Gasteiger charge is 2.30. The van der Waals surface area contributed by atoms with Crippen LogP contribution in [0.4, 0.5) is 0 Å². The van der Waals surface area contributed by atoms with Gasteiger partial charge in [-0.2, -0.15) is 19.7 Å². The van der Waals surface area contributed by atoms with E-state index < -0.39 is 0 Å². The zero-order valence-electron chi connectivity index (χ0n) is 16.8. The number of aryl methyl sites for hydroxylation is 2. The summed E-state index contributed by atoms with van der Waals surface area (Å²) < 4.78 is 9.29. The van der Waals surface area contributed by atoms with E-state index in [2.05, 4.69) is 20.2 Å². The number of carbonyl (C=O) groups excluding carboxylic acids is 1. The van der Waals surface area contributed by atoms with Gasteiger partial charge in [0.1, 0.15) is 18.1 Å². The van der Waals surface area contributed by atoms with Crippen LogP contribution in [-0.4, -0.2) is 59.9 Å². The number of benzene rings is 1. The minimum absolute atomic E-state index is 0.0684. The van der Waals surface area contributed by atoms with Crippen LogP contribution in [0.25, 0.3) is 17.0 Å². The van der Waals surface area contributed by atoms with Gasteiger partial charge in [-0.25, -0.2) is 4.98 Å². The highest BCUT2D eigenvalue weighted by Crippen LogP contribution is 2.25. The van der Waals surface area contributed by atoms with Gasteiger partial charge in [-0.3, -0.25) is 9.48 Å². The van der Waals surface area contributed by atoms with E-state index in [-0.39, 0.29) is 12.0 Å². The number of amides is 1. The van der Waals surface area contributed by atoms with Gasteiger partial charge in [0.15, 0.2) is 0 Å². The van der Waals surface area contributed by atoms with Gasteiger partial charge in [0.05, 0.1) is 24.5 Å². The lowest BCUT2D eigenvalue weighted by molar-refractivity contribution is -0.0260. The first kappa shape index (κ1) is 18.4. The summed E-state index contributed by atoms with van der Waals surface area (Å²) in [5.74, 6) is 0.456. The third kappa shape index (κ3) is 3.22. The largest absolute Gasteiger partial charge is 0.368 e. The molecule has 3 aromatic heterocycles. The Hall–Kier alpha value is -3.59. The zero-order valence-corrected chi connectivity index (χ0v) is 16.8.